The molecule has 8 nitrogen and oxygen atoms in total. The van der Waals surface area contributed by atoms with E-state index in [9.17, 15) is 5.11 Å². The molecule has 0 saturated carbocycles. The van der Waals surface area contributed by atoms with E-state index in [0.29, 0.717) is 27.7 Å². The molecule has 0 spiro atoms. The molecule has 0 amide bonds. The summed E-state index contributed by atoms with van der Waals surface area (Å²) in [6.45, 7) is 6.91. The van der Waals surface area contributed by atoms with E-state index < -0.39 is 0 Å². The van der Waals surface area contributed by atoms with Gasteiger partial charge in [0, 0.05) is 67.1 Å². The van der Waals surface area contributed by atoms with Crippen LogP contribution in [0.3, 0.4) is 0 Å². The van der Waals surface area contributed by atoms with Crippen LogP contribution in [-0.4, -0.2) is 83.0 Å². The lowest BCUT2D eigenvalue weighted by Crippen LogP contribution is -2.44. The topological polar surface area (TPSA) is 77.9 Å². The number of benzene rings is 1. The Kier molecular flexibility index (Phi) is 8.97. The van der Waals surface area contributed by atoms with Gasteiger partial charge in [0.15, 0.2) is 5.82 Å². The summed E-state index contributed by atoms with van der Waals surface area (Å²) in [6.07, 6.45) is 3.08. The number of rotatable bonds is 8. The van der Waals surface area contributed by atoms with E-state index in [2.05, 4.69) is 38.0 Å². The van der Waals surface area contributed by atoms with Gasteiger partial charge in [0.1, 0.15) is 0 Å². The molecule has 4 heterocycles. The fourth-order valence-corrected chi connectivity index (χ4v) is 5.63. The minimum atomic E-state index is 0.264. The number of aromatic nitrogens is 3. The van der Waals surface area contributed by atoms with Crippen LogP contribution < -0.4 is 9.64 Å². The van der Waals surface area contributed by atoms with Crippen LogP contribution in [0.4, 0.5) is 5.82 Å². The molecular formula is C28H34Cl2N6O2. The van der Waals surface area contributed by atoms with Gasteiger partial charge in [-0.3, -0.25) is 4.90 Å². The third-order valence-corrected chi connectivity index (χ3v) is 7.77. The molecule has 10 heteroatoms. The molecule has 0 unspecified atom stereocenters. The first-order chi connectivity index (χ1) is 18.4. The minimum Gasteiger partial charge on any atom is -0.419 e. The van der Waals surface area contributed by atoms with Crippen LogP contribution in [0.25, 0.3) is 11.3 Å². The van der Waals surface area contributed by atoms with Crippen LogP contribution in [0.15, 0.2) is 42.5 Å². The second kappa shape index (κ2) is 12.6. The largest absolute Gasteiger partial charge is 0.419 e. The highest BCUT2D eigenvalue weighted by atomic mass is 35.5. The fourth-order valence-electron chi connectivity index (χ4n) is 5.11. The molecule has 0 bridgehead atoms. The zero-order valence-electron chi connectivity index (χ0n) is 21.7. The van der Waals surface area contributed by atoms with Crippen molar-refractivity contribution in [3.05, 3.63) is 58.1 Å². The van der Waals surface area contributed by atoms with Crippen molar-refractivity contribution >= 4 is 29.0 Å². The van der Waals surface area contributed by atoms with E-state index in [1.165, 1.54) is 0 Å². The number of likely N-dealkylation sites (N-methyl/N-ethyl adjacent to an activating group) is 1. The summed E-state index contributed by atoms with van der Waals surface area (Å²) >= 11 is 12.6. The van der Waals surface area contributed by atoms with E-state index in [0.717, 1.165) is 87.7 Å². The predicted octanol–water partition coefficient (Wildman–Crippen LogP) is 4.98. The van der Waals surface area contributed by atoms with Crippen molar-refractivity contribution in [2.24, 2.45) is 5.92 Å². The van der Waals surface area contributed by atoms with Crippen LogP contribution in [0.2, 0.25) is 10.0 Å². The lowest BCUT2D eigenvalue weighted by atomic mass is 9.93. The second-order valence-corrected chi connectivity index (χ2v) is 11.1. The molecule has 202 valence electrons. The van der Waals surface area contributed by atoms with Crippen LogP contribution >= 0.6 is 23.2 Å². The summed E-state index contributed by atoms with van der Waals surface area (Å²) in [5, 5.41) is 19.1. The maximum atomic E-state index is 9.27. The average Bonchev–Trinajstić information content (AvgIpc) is 2.90. The number of hydrogen-bond donors (Lipinski definition) is 1. The first-order valence-electron chi connectivity index (χ1n) is 13.2. The van der Waals surface area contributed by atoms with Crippen molar-refractivity contribution in [3.63, 3.8) is 0 Å². The first-order valence-corrected chi connectivity index (χ1v) is 14.0. The van der Waals surface area contributed by atoms with Gasteiger partial charge in [-0.25, -0.2) is 4.98 Å². The van der Waals surface area contributed by atoms with Crippen molar-refractivity contribution < 1.29 is 9.84 Å². The third-order valence-electron chi connectivity index (χ3n) is 7.33. The summed E-state index contributed by atoms with van der Waals surface area (Å²) in [4.78, 5) is 11.7. The number of hydrogen-bond acceptors (Lipinski definition) is 8. The summed E-state index contributed by atoms with van der Waals surface area (Å²) in [7, 11) is 2.13. The van der Waals surface area contributed by atoms with E-state index in [1.54, 1.807) is 6.07 Å². The Balaban J connectivity index is 1.35. The molecule has 1 aromatic carbocycles. The molecule has 2 aliphatic rings. The highest BCUT2D eigenvalue weighted by molar-refractivity contribution is 6.35. The average molecular weight is 558 g/mol. The number of halogens is 2. The second-order valence-electron chi connectivity index (χ2n) is 10.2. The molecule has 2 saturated heterocycles. The third kappa shape index (κ3) is 7.12. The van der Waals surface area contributed by atoms with Crippen molar-refractivity contribution in [3.8, 4) is 23.0 Å². The highest BCUT2D eigenvalue weighted by Crippen LogP contribution is 2.31. The van der Waals surface area contributed by atoms with Crippen molar-refractivity contribution in [1.82, 2.24) is 25.0 Å². The van der Waals surface area contributed by atoms with E-state index in [4.69, 9.17) is 32.9 Å². The maximum Gasteiger partial charge on any atom is 0.240 e. The number of piperazine rings is 1. The number of piperidine rings is 1. The summed E-state index contributed by atoms with van der Waals surface area (Å²) in [5.41, 5.74) is 2.65. The zero-order valence-corrected chi connectivity index (χ0v) is 23.2. The smallest absolute Gasteiger partial charge is 0.240 e. The first kappa shape index (κ1) is 27.1. The Bertz CT molecular complexity index is 1190. The Morgan fingerprint density at radius 2 is 1.63 bits per heavy atom. The number of likely N-dealkylation sites (tertiary alicyclic amines) is 1. The number of ether oxygens (including phenoxy) is 1. The molecule has 38 heavy (non-hydrogen) atoms. The normalized spacial score (nSPS) is 17.6. The Morgan fingerprint density at radius 3 is 2.29 bits per heavy atom. The van der Waals surface area contributed by atoms with Crippen LogP contribution in [0.5, 0.6) is 11.8 Å². The van der Waals surface area contributed by atoms with E-state index >= 15 is 0 Å². The molecule has 2 aliphatic heterocycles. The van der Waals surface area contributed by atoms with Crippen LogP contribution in [0.1, 0.15) is 24.8 Å². The molecule has 2 aromatic heterocycles. The lowest BCUT2D eigenvalue weighted by molar-refractivity contribution is 0.153. The SMILES string of the molecule is CN1CCN(c2ccc(Oc3cc(CN4CCC(CCO)CC4)cc(-c4cc(Cl)cc(Cl)c4)n3)nn2)CC1. The van der Waals surface area contributed by atoms with Crippen molar-refractivity contribution in [2.75, 3.05) is 57.8 Å². The molecule has 0 atom stereocenters. The van der Waals surface area contributed by atoms with Crippen LogP contribution in [-0.2, 0) is 6.54 Å². The lowest BCUT2D eigenvalue weighted by Gasteiger charge is -2.32. The maximum absolute atomic E-state index is 9.27. The van der Waals surface area contributed by atoms with Gasteiger partial charge in [0.2, 0.25) is 11.8 Å². The Labute approximate surface area is 234 Å². The van der Waals surface area contributed by atoms with Crippen molar-refractivity contribution in [2.45, 2.75) is 25.8 Å². The Morgan fingerprint density at radius 1 is 0.895 bits per heavy atom. The highest BCUT2D eigenvalue weighted by Gasteiger charge is 2.20. The van der Waals surface area contributed by atoms with Gasteiger partial charge in [0.25, 0.3) is 0 Å². The van der Waals surface area contributed by atoms with Gasteiger partial charge in [-0.15, -0.1) is 10.2 Å². The number of aliphatic hydroxyl groups excluding tert-OH is 1. The molecule has 5 rings (SSSR count). The van der Waals surface area contributed by atoms with Crippen LogP contribution in [0, 0.1) is 5.92 Å². The van der Waals surface area contributed by atoms with Gasteiger partial charge in [0.05, 0.1) is 5.69 Å². The van der Waals surface area contributed by atoms with Crippen molar-refractivity contribution in [1.29, 1.82) is 0 Å². The van der Waals surface area contributed by atoms with E-state index in [-0.39, 0.29) is 6.61 Å². The van der Waals surface area contributed by atoms with Gasteiger partial charge < -0.3 is 19.6 Å². The number of anilines is 1. The molecule has 1 N–H and O–H groups in total. The minimum absolute atomic E-state index is 0.264. The molecular weight excluding hydrogens is 523 g/mol. The van der Waals surface area contributed by atoms with Gasteiger partial charge >= 0.3 is 0 Å². The molecule has 3 aromatic rings. The standard InChI is InChI=1S/C28H34Cl2N6O2/c1-34-9-11-36(12-10-34)26-2-3-27(33-32-26)38-28-15-21(19-35-7-4-20(5-8-35)6-13-37)14-25(31-28)22-16-23(29)18-24(30)17-22/h2-3,14-18,20,37H,4-13,19H2,1H3. The molecule has 0 radical (unpaired) electrons. The molecule has 2 fully saturated rings. The van der Waals surface area contributed by atoms with Gasteiger partial charge in [-0.2, -0.15) is 0 Å². The number of aliphatic hydroxyl groups is 1. The Hall–Kier alpha value is -2.49. The van der Waals surface area contributed by atoms with Gasteiger partial charge in [-0.05, 0) is 81.2 Å². The van der Waals surface area contributed by atoms with E-state index in [1.807, 2.05) is 30.3 Å². The zero-order chi connectivity index (χ0) is 26.5. The number of pyridine rings is 1. The summed E-state index contributed by atoms with van der Waals surface area (Å²) in [5.74, 6) is 2.30. The predicted molar refractivity (Wildman–Crippen MR) is 151 cm³/mol. The summed E-state index contributed by atoms with van der Waals surface area (Å²) < 4.78 is 6.12. The monoisotopic (exact) mass is 556 g/mol. The fraction of sp³-hybridized carbons (Fsp3) is 0.464. The summed E-state index contributed by atoms with van der Waals surface area (Å²) in [6, 6.07) is 13.2. The quantitative estimate of drug-likeness (QED) is 0.416. The van der Waals surface area contributed by atoms with Gasteiger partial charge in [-0.1, -0.05) is 23.2 Å². The molecule has 0 aliphatic carbocycles. The number of nitrogens with zero attached hydrogens (tertiary/aromatic N) is 6.